The largest absolute Gasteiger partial charge is 0.378 e. The van der Waals surface area contributed by atoms with E-state index in [1.54, 1.807) is 13.3 Å². The van der Waals surface area contributed by atoms with E-state index in [-0.39, 0.29) is 5.28 Å². The molecule has 4 nitrogen and oxygen atoms in total. The van der Waals surface area contributed by atoms with Gasteiger partial charge in [0.1, 0.15) is 5.60 Å². The number of halogens is 1. The highest BCUT2D eigenvalue weighted by atomic mass is 35.5. The molecule has 5 heteroatoms. The zero-order valence-corrected chi connectivity index (χ0v) is 8.62. The lowest BCUT2D eigenvalue weighted by atomic mass is 9.98. The van der Waals surface area contributed by atoms with Gasteiger partial charge in [-0.2, -0.15) is 0 Å². The molecule has 2 rings (SSSR count). The molecule has 0 amide bonds. The van der Waals surface area contributed by atoms with Crippen molar-refractivity contribution in [3.8, 4) is 0 Å². The minimum atomic E-state index is -0.438. The van der Waals surface area contributed by atoms with Crippen LogP contribution in [0.15, 0.2) is 12.3 Å². The Morgan fingerprint density at radius 3 is 3.07 bits per heavy atom. The molecule has 76 valence electrons. The standard InChI is InChI=1S/C9H11ClN2O2/c1-13-9(3-5-14-6-9)7-2-4-11-8(10)12-7/h2,4H,3,5-6H2,1H3. The highest BCUT2D eigenvalue weighted by Crippen LogP contribution is 2.32. The van der Waals surface area contributed by atoms with Crippen LogP contribution in [0.25, 0.3) is 0 Å². The first-order chi connectivity index (χ1) is 6.77. The summed E-state index contributed by atoms with van der Waals surface area (Å²) in [6, 6.07) is 1.81. The molecule has 1 aromatic heterocycles. The van der Waals surface area contributed by atoms with Crippen molar-refractivity contribution in [1.82, 2.24) is 9.97 Å². The molecule has 1 aliphatic rings. The molecule has 0 radical (unpaired) electrons. The van der Waals surface area contributed by atoms with Gasteiger partial charge < -0.3 is 9.47 Å². The van der Waals surface area contributed by atoms with Crippen molar-refractivity contribution in [2.24, 2.45) is 0 Å². The van der Waals surface area contributed by atoms with Crippen molar-refractivity contribution in [3.63, 3.8) is 0 Å². The summed E-state index contributed by atoms with van der Waals surface area (Å²) in [5.41, 5.74) is 0.351. The average molecular weight is 215 g/mol. The maximum atomic E-state index is 5.72. The first kappa shape index (κ1) is 9.83. The highest BCUT2D eigenvalue weighted by molar-refractivity contribution is 6.28. The van der Waals surface area contributed by atoms with Gasteiger partial charge in [0.15, 0.2) is 0 Å². The third-order valence-corrected chi connectivity index (χ3v) is 2.65. The van der Waals surface area contributed by atoms with E-state index in [9.17, 15) is 0 Å². The normalized spacial score (nSPS) is 26.7. The lowest BCUT2D eigenvalue weighted by Gasteiger charge is -2.24. The Morgan fingerprint density at radius 2 is 2.50 bits per heavy atom. The van der Waals surface area contributed by atoms with Gasteiger partial charge in [0, 0.05) is 26.3 Å². The Balaban J connectivity index is 2.35. The number of nitrogens with zero attached hydrogens (tertiary/aromatic N) is 2. The maximum absolute atomic E-state index is 5.72. The molecule has 0 saturated carbocycles. The molecule has 0 aromatic carbocycles. The summed E-state index contributed by atoms with van der Waals surface area (Å²) < 4.78 is 10.8. The first-order valence-electron chi connectivity index (χ1n) is 4.39. The Morgan fingerprint density at radius 1 is 1.64 bits per heavy atom. The van der Waals surface area contributed by atoms with Crippen LogP contribution in [0, 0.1) is 0 Å². The molecule has 0 spiro atoms. The van der Waals surface area contributed by atoms with E-state index in [0.29, 0.717) is 13.2 Å². The Kier molecular flexibility index (Phi) is 2.67. The van der Waals surface area contributed by atoms with Crippen LogP contribution in [0.4, 0.5) is 0 Å². The third kappa shape index (κ3) is 1.61. The molecule has 0 N–H and O–H groups in total. The second kappa shape index (κ2) is 3.81. The average Bonchev–Trinajstić information content (AvgIpc) is 2.67. The van der Waals surface area contributed by atoms with Crippen LogP contribution >= 0.6 is 11.6 Å². The number of aromatic nitrogens is 2. The van der Waals surface area contributed by atoms with Crippen molar-refractivity contribution in [1.29, 1.82) is 0 Å². The van der Waals surface area contributed by atoms with Crippen LogP contribution in [-0.2, 0) is 15.1 Å². The van der Waals surface area contributed by atoms with Gasteiger partial charge in [-0.15, -0.1) is 0 Å². The fourth-order valence-electron chi connectivity index (χ4n) is 1.60. The Labute approximate surface area is 87.2 Å². The molecule has 1 fully saturated rings. The zero-order valence-electron chi connectivity index (χ0n) is 7.86. The quantitative estimate of drug-likeness (QED) is 0.698. The van der Waals surface area contributed by atoms with E-state index in [1.165, 1.54) is 0 Å². The van der Waals surface area contributed by atoms with E-state index in [4.69, 9.17) is 21.1 Å². The van der Waals surface area contributed by atoms with Crippen LogP contribution < -0.4 is 0 Å². The van der Waals surface area contributed by atoms with Gasteiger partial charge in [-0.25, -0.2) is 9.97 Å². The lowest BCUT2D eigenvalue weighted by molar-refractivity contribution is -0.0246. The summed E-state index contributed by atoms with van der Waals surface area (Å²) in [7, 11) is 1.66. The van der Waals surface area contributed by atoms with Crippen LogP contribution in [0.5, 0.6) is 0 Å². The second-order valence-corrected chi connectivity index (χ2v) is 3.55. The molecule has 1 unspecified atom stereocenters. The second-order valence-electron chi connectivity index (χ2n) is 3.21. The third-order valence-electron chi connectivity index (χ3n) is 2.47. The molecule has 0 bridgehead atoms. The van der Waals surface area contributed by atoms with Crippen molar-refractivity contribution >= 4 is 11.6 Å². The fraction of sp³-hybridized carbons (Fsp3) is 0.556. The summed E-state index contributed by atoms with van der Waals surface area (Å²) in [4.78, 5) is 7.98. The van der Waals surface area contributed by atoms with Gasteiger partial charge in [0.2, 0.25) is 5.28 Å². The van der Waals surface area contributed by atoms with Crippen molar-refractivity contribution in [3.05, 3.63) is 23.2 Å². The van der Waals surface area contributed by atoms with Crippen LogP contribution in [0.3, 0.4) is 0 Å². The van der Waals surface area contributed by atoms with Crippen molar-refractivity contribution < 1.29 is 9.47 Å². The minimum absolute atomic E-state index is 0.242. The zero-order chi connectivity index (χ0) is 10.0. The summed E-state index contributed by atoms with van der Waals surface area (Å²) in [5, 5.41) is 0.242. The number of hydrogen-bond acceptors (Lipinski definition) is 4. The van der Waals surface area contributed by atoms with Gasteiger partial charge in [0.05, 0.1) is 12.3 Å². The van der Waals surface area contributed by atoms with Crippen LogP contribution in [0.2, 0.25) is 5.28 Å². The monoisotopic (exact) mass is 214 g/mol. The SMILES string of the molecule is COC1(c2ccnc(Cl)n2)CCOC1. The smallest absolute Gasteiger partial charge is 0.222 e. The molecule has 0 aliphatic carbocycles. The van der Waals surface area contributed by atoms with E-state index < -0.39 is 5.60 Å². The summed E-state index contributed by atoms with van der Waals surface area (Å²) in [5.74, 6) is 0. The molecule has 1 aromatic rings. The molecule has 1 saturated heterocycles. The van der Waals surface area contributed by atoms with E-state index in [1.807, 2.05) is 6.07 Å². The predicted molar refractivity (Wildman–Crippen MR) is 51.2 cm³/mol. The molecule has 1 atom stereocenters. The van der Waals surface area contributed by atoms with E-state index in [0.717, 1.165) is 12.1 Å². The van der Waals surface area contributed by atoms with Crippen molar-refractivity contribution in [2.45, 2.75) is 12.0 Å². The van der Waals surface area contributed by atoms with E-state index >= 15 is 0 Å². The number of rotatable bonds is 2. The van der Waals surface area contributed by atoms with Crippen LogP contribution in [-0.4, -0.2) is 30.3 Å². The van der Waals surface area contributed by atoms with Crippen molar-refractivity contribution in [2.75, 3.05) is 20.3 Å². The maximum Gasteiger partial charge on any atom is 0.222 e. The topological polar surface area (TPSA) is 44.2 Å². The van der Waals surface area contributed by atoms with Crippen LogP contribution in [0.1, 0.15) is 12.1 Å². The number of ether oxygens (including phenoxy) is 2. The fourth-order valence-corrected chi connectivity index (χ4v) is 1.75. The first-order valence-corrected chi connectivity index (χ1v) is 4.76. The minimum Gasteiger partial charge on any atom is -0.378 e. The van der Waals surface area contributed by atoms with Gasteiger partial charge in [-0.05, 0) is 17.7 Å². The molecular weight excluding hydrogens is 204 g/mol. The predicted octanol–water partition coefficient (Wildman–Crippen LogP) is 1.39. The molecule has 2 heterocycles. The molecular formula is C9H11ClN2O2. The summed E-state index contributed by atoms with van der Waals surface area (Å²) in [6.45, 7) is 1.21. The summed E-state index contributed by atoms with van der Waals surface area (Å²) in [6.07, 6.45) is 2.43. The molecule has 14 heavy (non-hydrogen) atoms. The summed E-state index contributed by atoms with van der Waals surface area (Å²) >= 11 is 5.72. The van der Waals surface area contributed by atoms with Gasteiger partial charge in [-0.3, -0.25) is 0 Å². The number of methoxy groups -OCH3 is 1. The Bertz CT molecular complexity index is 326. The highest BCUT2D eigenvalue weighted by Gasteiger charge is 2.38. The number of hydrogen-bond donors (Lipinski definition) is 0. The lowest BCUT2D eigenvalue weighted by Crippen LogP contribution is -2.30. The van der Waals surface area contributed by atoms with Gasteiger partial charge in [0.25, 0.3) is 0 Å². The van der Waals surface area contributed by atoms with Gasteiger partial charge in [-0.1, -0.05) is 0 Å². The van der Waals surface area contributed by atoms with Gasteiger partial charge >= 0.3 is 0 Å². The molecule has 1 aliphatic heterocycles. The Hall–Kier alpha value is -0.710. The van der Waals surface area contributed by atoms with E-state index in [2.05, 4.69) is 9.97 Å².